The molecule has 2 aromatic rings. The summed E-state index contributed by atoms with van der Waals surface area (Å²) in [5.74, 6) is 0.529. The Kier molecular flexibility index (Phi) is 6.20. The number of carbonyl (C=O) groups is 1. The van der Waals surface area contributed by atoms with Gasteiger partial charge in [-0.05, 0) is 67.8 Å². The minimum atomic E-state index is -3.20. The van der Waals surface area contributed by atoms with Crippen molar-refractivity contribution < 1.29 is 17.9 Å². The van der Waals surface area contributed by atoms with Crippen molar-refractivity contribution in [3.8, 4) is 5.75 Å². The normalized spacial score (nSPS) is 11.2. The Morgan fingerprint density at radius 1 is 1.04 bits per heavy atom. The van der Waals surface area contributed by atoms with E-state index in [4.69, 9.17) is 4.74 Å². The Hall–Kier alpha value is -2.34. The summed E-state index contributed by atoms with van der Waals surface area (Å²) in [6, 6.07) is 12.1. The third-order valence-corrected chi connectivity index (χ3v) is 4.99. The van der Waals surface area contributed by atoms with E-state index in [1.807, 2.05) is 32.0 Å². The summed E-state index contributed by atoms with van der Waals surface area (Å²) in [7, 11) is -3.20. The van der Waals surface area contributed by atoms with Crippen molar-refractivity contribution in [3.63, 3.8) is 0 Å². The van der Waals surface area contributed by atoms with Crippen LogP contribution in [0.3, 0.4) is 0 Å². The van der Waals surface area contributed by atoms with Crippen molar-refractivity contribution in [1.29, 1.82) is 0 Å². The summed E-state index contributed by atoms with van der Waals surface area (Å²) in [5, 5.41) is 2.87. The van der Waals surface area contributed by atoms with Gasteiger partial charge in [0.2, 0.25) is 5.91 Å². The van der Waals surface area contributed by atoms with E-state index >= 15 is 0 Å². The third-order valence-electron chi connectivity index (χ3n) is 3.86. The highest BCUT2D eigenvalue weighted by molar-refractivity contribution is 7.90. The van der Waals surface area contributed by atoms with Crippen LogP contribution in [0.25, 0.3) is 0 Å². The van der Waals surface area contributed by atoms with Gasteiger partial charge in [-0.1, -0.05) is 6.07 Å². The van der Waals surface area contributed by atoms with E-state index in [9.17, 15) is 13.2 Å². The molecule has 134 valence electrons. The number of nitrogens with one attached hydrogen (secondary N) is 1. The first kappa shape index (κ1) is 19.0. The predicted molar refractivity (Wildman–Crippen MR) is 98.8 cm³/mol. The molecule has 2 aromatic carbocycles. The maximum Gasteiger partial charge on any atom is 0.224 e. The van der Waals surface area contributed by atoms with Crippen molar-refractivity contribution in [3.05, 3.63) is 53.6 Å². The molecule has 2 rings (SSSR count). The molecule has 0 aromatic heterocycles. The maximum absolute atomic E-state index is 11.9. The first-order chi connectivity index (χ1) is 11.8. The molecule has 0 aliphatic carbocycles. The number of ether oxygens (including phenoxy) is 1. The number of aryl methyl sites for hydroxylation is 2. The van der Waals surface area contributed by atoms with Crippen LogP contribution in [0.1, 0.15) is 24.0 Å². The van der Waals surface area contributed by atoms with E-state index in [1.54, 1.807) is 12.1 Å². The summed E-state index contributed by atoms with van der Waals surface area (Å²) in [5.41, 5.74) is 3.12. The molecule has 0 heterocycles. The Morgan fingerprint density at radius 3 is 2.32 bits per heavy atom. The largest absolute Gasteiger partial charge is 0.494 e. The molecular weight excluding hydrogens is 338 g/mol. The molecule has 0 atom stereocenters. The quantitative estimate of drug-likeness (QED) is 0.766. The molecule has 6 heteroatoms. The van der Waals surface area contributed by atoms with E-state index in [2.05, 4.69) is 5.32 Å². The van der Waals surface area contributed by atoms with Crippen LogP contribution in [-0.4, -0.2) is 27.2 Å². The van der Waals surface area contributed by atoms with Crippen molar-refractivity contribution in [2.75, 3.05) is 18.2 Å². The molecule has 0 saturated heterocycles. The molecule has 0 unspecified atom stereocenters. The van der Waals surface area contributed by atoms with Crippen LogP contribution in [0, 0.1) is 13.8 Å². The molecule has 0 bridgehead atoms. The van der Waals surface area contributed by atoms with Crippen molar-refractivity contribution >= 4 is 21.4 Å². The number of anilines is 1. The minimum absolute atomic E-state index is 0.0562. The molecule has 1 amide bonds. The number of amides is 1. The Balaban J connectivity index is 1.75. The van der Waals surface area contributed by atoms with E-state index in [0.29, 0.717) is 25.2 Å². The van der Waals surface area contributed by atoms with Gasteiger partial charge in [-0.3, -0.25) is 4.79 Å². The molecule has 25 heavy (non-hydrogen) atoms. The summed E-state index contributed by atoms with van der Waals surface area (Å²) in [6.07, 6.45) is 2.09. The highest BCUT2D eigenvalue weighted by atomic mass is 32.2. The fraction of sp³-hybridized carbons (Fsp3) is 0.316. The summed E-state index contributed by atoms with van der Waals surface area (Å²) in [6.45, 7) is 4.42. The van der Waals surface area contributed by atoms with E-state index < -0.39 is 9.84 Å². The number of sulfone groups is 1. The smallest absolute Gasteiger partial charge is 0.224 e. The molecule has 0 aliphatic heterocycles. The van der Waals surface area contributed by atoms with Crippen LogP contribution in [-0.2, 0) is 14.6 Å². The van der Waals surface area contributed by atoms with Crippen molar-refractivity contribution in [2.45, 2.75) is 31.6 Å². The molecule has 0 radical (unpaired) electrons. The van der Waals surface area contributed by atoms with E-state index in [1.165, 1.54) is 17.7 Å². The lowest BCUT2D eigenvalue weighted by Crippen LogP contribution is -2.13. The lowest BCUT2D eigenvalue weighted by molar-refractivity contribution is -0.116. The fourth-order valence-corrected chi connectivity index (χ4v) is 2.88. The Morgan fingerprint density at radius 2 is 1.72 bits per heavy atom. The number of benzene rings is 2. The molecular formula is C19H23NO4S. The minimum Gasteiger partial charge on any atom is -0.494 e. The number of carbonyl (C=O) groups excluding carboxylic acids is 1. The van der Waals surface area contributed by atoms with Crippen LogP contribution in [0.4, 0.5) is 5.69 Å². The highest BCUT2D eigenvalue weighted by Crippen LogP contribution is 2.17. The number of hydrogen-bond donors (Lipinski definition) is 1. The predicted octanol–water partition coefficient (Wildman–Crippen LogP) is 3.50. The maximum atomic E-state index is 11.9. The zero-order valence-electron chi connectivity index (χ0n) is 14.7. The second-order valence-corrected chi connectivity index (χ2v) is 8.06. The van der Waals surface area contributed by atoms with Gasteiger partial charge in [0.15, 0.2) is 9.84 Å². The van der Waals surface area contributed by atoms with Gasteiger partial charge in [0, 0.05) is 18.4 Å². The lowest BCUT2D eigenvalue weighted by atomic mass is 10.1. The van der Waals surface area contributed by atoms with Crippen LogP contribution in [0.5, 0.6) is 5.75 Å². The summed E-state index contributed by atoms with van der Waals surface area (Å²) < 4.78 is 28.3. The second-order valence-electron chi connectivity index (χ2n) is 6.04. The fourth-order valence-electron chi connectivity index (χ4n) is 2.25. The zero-order valence-corrected chi connectivity index (χ0v) is 15.5. The lowest BCUT2D eigenvalue weighted by Gasteiger charge is -2.09. The standard InChI is InChI=1S/C19H23NO4S/c1-14-6-7-16(13-15(14)2)20-19(21)5-4-12-24-17-8-10-18(11-9-17)25(3,22)23/h6-11,13H,4-5,12H2,1-3H3,(H,20,21). The summed E-state index contributed by atoms with van der Waals surface area (Å²) in [4.78, 5) is 12.2. The molecule has 0 fully saturated rings. The number of hydrogen-bond acceptors (Lipinski definition) is 4. The molecule has 5 nitrogen and oxygen atoms in total. The van der Waals surface area contributed by atoms with Gasteiger partial charge in [0.1, 0.15) is 5.75 Å². The van der Waals surface area contributed by atoms with Crippen LogP contribution < -0.4 is 10.1 Å². The van der Waals surface area contributed by atoms with Crippen LogP contribution in [0.2, 0.25) is 0 Å². The van der Waals surface area contributed by atoms with Gasteiger partial charge in [0.25, 0.3) is 0 Å². The topological polar surface area (TPSA) is 72.5 Å². The van der Waals surface area contributed by atoms with Crippen molar-refractivity contribution in [2.24, 2.45) is 0 Å². The van der Waals surface area contributed by atoms with Gasteiger partial charge in [-0.2, -0.15) is 0 Å². The van der Waals surface area contributed by atoms with Crippen molar-refractivity contribution in [1.82, 2.24) is 0 Å². The van der Waals surface area contributed by atoms with E-state index in [0.717, 1.165) is 17.5 Å². The van der Waals surface area contributed by atoms with Crippen LogP contribution >= 0.6 is 0 Å². The Labute approximate surface area is 148 Å². The van der Waals surface area contributed by atoms with Crippen LogP contribution in [0.15, 0.2) is 47.4 Å². The van der Waals surface area contributed by atoms with Gasteiger partial charge >= 0.3 is 0 Å². The number of rotatable bonds is 7. The molecule has 1 N–H and O–H groups in total. The molecule has 0 saturated carbocycles. The van der Waals surface area contributed by atoms with Gasteiger partial charge < -0.3 is 10.1 Å². The molecule has 0 aliphatic rings. The molecule has 0 spiro atoms. The third kappa shape index (κ3) is 5.90. The monoisotopic (exact) mass is 361 g/mol. The average Bonchev–Trinajstić information content (AvgIpc) is 2.55. The SMILES string of the molecule is Cc1ccc(NC(=O)CCCOc2ccc(S(C)(=O)=O)cc2)cc1C. The average molecular weight is 361 g/mol. The van der Waals surface area contributed by atoms with Gasteiger partial charge in [0.05, 0.1) is 11.5 Å². The second kappa shape index (κ2) is 8.16. The van der Waals surface area contributed by atoms with E-state index in [-0.39, 0.29) is 10.8 Å². The first-order valence-corrected chi connectivity index (χ1v) is 9.95. The van der Waals surface area contributed by atoms with Gasteiger partial charge in [-0.25, -0.2) is 8.42 Å². The van der Waals surface area contributed by atoms with Gasteiger partial charge in [-0.15, -0.1) is 0 Å². The Bertz CT molecular complexity index is 842. The zero-order chi connectivity index (χ0) is 18.4. The summed E-state index contributed by atoms with van der Waals surface area (Å²) >= 11 is 0. The highest BCUT2D eigenvalue weighted by Gasteiger charge is 2.07. The first-order valence-electron chi connectivity index (χ1n) is 8.06.